The van der Waals surface area contributed by atoms with Crippen LogP contribution in [0.2, 0.25) is 0 Å². The van der Waals surface area contributed by atoms with Crippen molar-refractivity contribution in [1.29, 1.82) is 0 Å². The Bertz CT molecular complexity index is 460. The molecule has 1 fully saturated rings. The van der Waals surface area contributed by atoms with Crippen LogP contribution in [0.5, 0.6) is 0 Å². The van der Waals surface area contributed by atoms with Gasteiger partial charge in [0, 0.05) is 39.0 Å². The van der Waals surface area contributed by atoms with Crippen molar-refractivity contribution in [2.24, 2.45) is 0 Å². The SMILES string of the molecule is O=C1CCC(=O)N1CCN(CCO)CCc1ccccc1. The zero-order valence-corrected chi connectivity index (χ0v) is 12.2. The third-order valence-electron chi connectivity index (χ3n) is 3.77. The van der Waals surface area contributed by atoms with Gasteiger partial charge >= 0.3 is 0 Å². The maximum atomic E-state index is 11.6. The molecule has 0 saturated carbocycles. The Morgan fingerprint density at radius 1 is 1.00 bits per heavy atom. The summed E-state index contributed by atoms with van der Waals surface area (Å²) in [4.78, 5) is 26.6. The first-order chi connectivity index (χ1) is 10.2. The Balaban J connectivity index is 1.81. The standard InChI is InChI=1S/C16H22N2O3/c19-13-12-17(9-8-14-4-2-1-3-5-14)10-11-18-15(20)6-7-16(18)21/h1-5,19H,6-13H2. The first-order valence-electron chi connectivity index (χ1n) is 7.41. The molecule has 114 valence electrons. The van der Waals surface area contributed by atoms with Crippen LogP contribution >= 0.6 is 0 Å². The summed E-state index contributed by atoms with van der Waals surface area (Å²) in [5.74, 6) is -0.154. The topological polar surface area (TPSA) is 60.9 Å². The van der Waals surface area contributed by atoms with Crippen LogP contribution in [0.4, 0.5) is 0 Å². The van der Waals surface area contributed by atoms with Crippen LogP contribution in [0.1, 0.15) is 18.4 Å². The van der Waals surface area contributed by atoms with E-state index in [0.717, 1.165) is 13.0 Å². The first kappa shape index (κ1) is 15.7. The second-order valence-corrected chi connectivity index (χ2v) is 5.24. The lowest BCUT2D eigenvalue weighted by atomic mass is 10.1. The summed E-state index contributed by atoms with van der Waals surface area (Å²) in [6.07, 6.45) is 1.56. The molecule has 5 nitrogen and oxygen atoms in total. The van der Waals surface area contributed by atoms with E-state index >= 15 is 0 Å². The summed E-state index contributed by atoms with van der Waals surface area (Å²) in [7, 11) is 0. The van der Waals surface area contributed by atoms with Gasteiger partial charge in [0.15, 0.2) is 0 Å². The number of likely N-dealkylation sites (tertiary alicyclic amines) is 1. The average Bonchev–Trinajstić information content (AvgIpc) is 2.82. The molecule has 21 heavy (non-hydrogen) atoms. The number of carbonyl (C=O) groups is 2. The predicted molar refractivity (Wildman–Crippen MR) is 79.6 cm³/mol. The van der Waals surface area contributed by atoms with Gasteiger partial charge in [0.25, 0.3) is 0 Å². The van der Waals surface area contributed by atoms with Crippen molar-refractivity contribution in [2.75, 3.05) is 32.8 Å². The molecule has 1 aliphatic heterocycles. The number of aliphatic hydroxyl groups excluding tert-OH is 1. The molecule has 5 heteroatoms. The Hall–Kier alpha value is -1.72. The molecular weight excluding hydrogens is 268 g/mol. The minimum absolute atomic E-state index is 0.0768. The highest BCUT2D eigenvalue weighted by Crippen LogP contribution is 2.11. The fourth-order valence-electron chi connectivity index (χ4n) is 2.52. The highest BCUT2D eigenvalue weighted by molar-refractivity contribution is 6.01. The highest BCUT2D eigenvalue weighted by atomic mass is 16.3. The third kappa shape index (κ3) is 4.65. The molecule has 0 atom stereocenters. The molecule has 0 radical (unpaired) electrons. The maximum Gasteiger partial charge on any atom is 0.229 e. The number of carbonyl (C=O) groups excluding carboxylic acids is 2. The van der Waals surface area contributed by atoms with Crippen molar-refractivity contribution in [3.05, 3.63) is 35.9 Å². The normalized spacial score (nSPS) is 15.2. The van der Waals surface area contributed by atoms with Crippen molar-refractivity contribution < 1.29 is 14.7 Å². The van der Waals surface area contributed by atoms with Gasteiger partial charge in [0.05, 0.1) is 6.61 Å². The van der Waals surface area contributed by atoms with Crippen molar-refractivity contribution >= 4 is 11.8 Å². The number of nitrogens with zero attached hydrogens (tertiary/aromatic N) is 2. The molecule has 0 bridgehead atoms. The molecule has 1 aliphatic rings. The molecule has 1 saturated heterocycles. The van der Waals surface area contributed by atoms with E-state index in [4.69, 9.17) is 5.11 Å². The van der Waals surface area contributed by atoms with E-state index in [-0.39, 0.29) is 18.4 Å². The Morgan fingerprint density at radius 2 is 1.67 bits per heavy atom. The van der Waals surface area contributed by atoms with Gasteiger partial charge in [-0.2, -0.15) is 0 Å². The van der Waals surface area contributed by atoms with Gasteiger partial charge in [-0.1, -0.05) is 30.3 Å². The molecule has 1 heterocycles. The molecule has 2 rings (SSSR count). The molecule has 2 amide bonds. The van der Waals surface area contributed by atoms with Crippen LogP contribution in [0.3, 0.4) is 0 Å². The van der Waals surface area contributed by atoms with Gasteiger partial charge in [-0.25, -0.2) is 0 Å². The van der Waals surface area contributed by atoms with E-state index in [1.165, 1.54) is 10.5 Å². The number of imide groups is 1. The van der Waals surface area contributed by atoms with Crippen LogP contribution in [0.25, 0.3) is 0 Å². The Kier molecular flexibility index (Phi) is 5.90. The first-order valence-corrected chi connectivity index (χ1v) is 7.41. The van der Waals surface area contributed by atoms with E-state index in [0.29, 0.717) is 32.5 Å². The number of amides is 2. The smallest absolute Gasteiger partial charge is 0.229 e. The molecule has 1 N–H and O–H groups in total. The molecule has 0 aliphatic carbocycles. The summed E-state index contributed by atoms with van der Waals surface area (Å²) < 4.78 is 0. The quantitative estimate of drug-likeness (QED) is 0.715. The predicted octanol–water partition coefficient (Wildman–Crippen LogP) is 0.672. The van der Waals surface area contributed by atoms with Gasteiger partial charge in [0.2, 0.25) is 11.8 Å². The second kappa shape index (κ2) is 7.90. The summed E-state index contributed by atoms with van der Waals surface area (Å²) in [5, 5.41) is 9.14. The molecule has 0 unspecified atom stereocenters. The Morgan fingerprint density at radius 3 is 2.29 bits per heavy atom. The van der Waals surface area contributed by atoms with Crippen LogP contribution in [0, 0.1) is 0 Å². The summed E-state index contributed by atoms with van der Waals surface area (Å²) in [6.45, 7) is 2.48. The largest absolute Gasteiger partial charge is 0.395 e. The van der Waals surface area contributed by atoms with Crippen LogP contribution in [-0.4, -0.2) is 59.5 Å². The summed E-state index contributed by atoms with van der Waals surface area (Å²) >= 11 is 0. The monoisotopic (exact) mass is 290 g/mol. The molecule has 1 aromatic carbocycles. The number of benzene rings is 1. The van der Waals surface area contributed by atoms with Gasteiger partial charge in [-0.3, -0.25) is 19.4 Å². The van der Waals surface area contributed by atoms with E-state index in [2.05, 4.69) is 17.0 Å². The molecule has 1 aromatic rings. The van der Waals surface area contributed by atoms with Gasteiger partial charge in [0.1, 0.15) is 0 Å². The van der Waals surface area contributed by atoms with Crippen molar-refractivity contribution in [3.8, 4) is 0 Å². The van der Waals surface area contributed by atoms with Crippen molar-refractivity contribution in [3.63, 3.8) is 0 Å². The summed E-state index contributed by atoms with van der Waals surface area (Å²) in [5.41, 5.74) is 1.24. The number of rotatable bonds is 8. The lowest BCUT2D eigenvalue weighted by molar-refractivity contribution is -0.138. The van der Waals surface area contributed by atoms with E-state index < -0.39 is 0 Å². The fourth-order valence-corrected chi connectivity index (χ4v) is 2.52. The van der Waals surface area contributed by atoms with Gasteiger partial charge < -0.3 is 5.11 Å². The lowest BCUT2D eigenvalue weighted by Gasteiger charge is -2.24. The second-order valence-electron chi connectivity index (χ2n) is 5.24. The Labute approximate surface area is 125 Å². The molecule has 0 aromatic heterocycles. The van der Waals surface area contributed by atoms with Crippen molar-refractivity contribution in [2.45, 2.75) is 19.3 Å². The van der Waals surface area contributed by atoms with E-state index in [9.17, 15) is 9.59 Å². The number of hydrogen-bond acceptors (Lipinski definition) is 4. The van der Waals surface area contributed by atoms with E-state index in [1.807, 2.05) is 18.2 Å². The zero-order valence-electron chi connectivity index (χ0n) is 12.2. The number of aliphatic hydroxyl groups is 1. The fraction of sp³-hybridized carbons (Fsp3) is 0.500. The summed E-state index contributed by atoms with van der Waals surface area (Å²) in [6, 6.07) is 10.1. The van der Waals surface area contributed by atoms with Crippen LogP contribution in [0.15, 0.2) is 30.3 Å². The number of hydrogen-bond donors (Lipinski definition) is 1. The third-order valence-corrected chi connectivity index (χ3v) is 3.77. The average molecular weight is 290 g/mol. The van der Waals surface area contributed by atoms with Crippen molar-refractivity contribution in [1.82, 2.24) is 9.80 Å². The molecule has 0 spiro atoms. The maximum absolute atomic E-state index is 11.6. The minimum atomic E-state index is -0.0768. The zero-order chi connectivity index (χ0) is 15.1. The minimum Gasteiger partial charge on any atom is -0.395 e. The van der Waals surface area contributed by atoms with Crippen LogP contribution in [-0.2, 0) is 16.0 Å². The van der Waals surface area contributed by atoms with E-state index in [1.54, 1.807) is 0 Å². The highest BCUT2D eigenvalue weighted by Gasteiger charge is 2.28. The molecular formula is C16H22N2O3. The van der Waals surface area contributed by atoms with Crippen LogP contribution < -0.4 is 0 Å². The lowest BCUT2D eigenvalue weighted by Crippen LogP contribution is -2.39. The van der Waals surface area contributed by atoms with Gasteiger partial charge in [-0.05, 0) is 12.0 Å². The van der Waals surface area contributed by atoms with Gasteiger partial charge in [-0.15, -0.1) is 0 Å².